The molecule has 1 heterocycles. The average Bonchev–Trinajstić information content (AvgIpc) is 2.88. The number of nitrogens with one attached hydrogen (secondary N) is 1. The van der Waals surface area contributed by atoms with Gasteiger partial charge in [-0.3, -0.25) is 10.1 Å². The molecule has 0 saturated carbocycles. The highest BCUT2D eigenvalue weighted by Gasteiger charge is 2.07. The quantitative estimate of drug-likeness (QED) is 0.612. The minimum Gasteiger partial charge on any atom is -0.476 e. The number of carboxylic acids is 1. The number of nitro groups is 1. The van der Waals surface area contributed by atoms with Crippen molar-refractivity contribution in [2.24, 2.45) is 0 Å². The van der Waals surface area contributed by atoms with Gasteiger partial charge in [-0.1, -0.05) is 6.07 Å². The Hall–Kier alpha value is -2.90. The summed E-state index contributed by atoms with van der Waals surface area (Å²) < 4.78 is 1.63. The van der Waals surface area contributed by atoms with E-state index in [0.29, 0.717) is 18.8 Å². The Kier molecular flexibility index (Phi) is 3.94. The molecule has 2 N–H and O–H groups in total. The Balaban J connectivity index is 1.90. The second kappa shape index (κ2) is 5.83. The molecule has 20 heavy (non-hydrogen) atoms. The summed E-state index contributed by atoms with van der Waals surface area (Å²) in [5, 5.41) is 22.4. The second-order valence-corrected chi connectivity index (χ2v) is 4.04. The number of anilines is 1. The number of nitrogens with zero attached hydrogens (tertiary/aromatic N) is 3. The van der Waals surface area contributed by atoms with Crippen molar-refractivity contribution < 1.29 is 14.8 Å². The molecule has 0 fully saturated rings. The number of carbonyl (C=O) groups is 1. The number of carboxylic acid groups (broad SMARTS) is 1. The van der Waals surface area contributed by atoms with E-state index < -0.39 is 10.9 Å². The van der Waals surface area contributed by atoms with Crippen LogP contribution in [-0.2, 0) is 6.54 Å². The summed E-state index contributed by atoms with van der Waals surface area (Å²) in [4.78, 5) is 24.5. The summed E-state index contributed by atoms with van der Waals surface area (Å²) in [6.07, 6.45) is 2.86. The maximum Gasteiger partial charge on any atom is 0.356 e. The Morgan fingerprint density at radius 1 is 1.50 bits per heavy atom. The van der Waals surface area contributed by atoms with Crippen LogP contribution in [-0.4, -0.2) is 32.1 Å². The lowest BCUT2D eigenvalue weighted by Crippen LogP contribution is -2.09. The minimum absolute atomic E-state index is 0.0136. The number of imidazole rings is 1. The number of nitro benzene ring substituents is 1. The van der Waals surface area contributed by atoms with Crippen molar-refractivity contribution in [3.8, 4) is 0 Å². The zero-order valence-electron chi connectivity index (χ0n) is 10.4. The zero-order valence-corrected chi connectivity index (χ0v) is 10.4. The number of rotatable bonds is 6. The maximum atomic E-state index is 10.7. The van der Waals surface area contributed by atoms with Crippen molar-refractivity contribution >= 4 is 17.3 Å². The summed E-state index contributed by atoms with van der Waals surface area (Å²) in [6, 6.07) is 6.18. The lowest BCUT2D eigenvalue weighted by molar-refractivity contribution is -0.384. The van der Waals surface area contributed by atoms with Crippen LogP contribution in [0.5, 0.6) is 0 Å². The molecule has 0 spiro atoms. The molecule has 0 bridgehead atoms. The average molecular weight is 276 g/mol. The topological polar surface area (TPSA) is 110 Å². The fraction of sp³-hybridized carbons (Fsp3) is 0.167. The smallest absolute Gasteiger partial charge is 0.356 e. The van der Waals surface area contributed by atoms with Gasteiger partial charge in [0.1, 0.15) is 0 Å². The van der Waals surface area contributed by atoms with E-state index in [0.717, 1.165) is 0 Å². The normalized spacial score (nSPS) is 10.2. The third kappa shape index (κ3) is 3.31. The number of hydrogen-bond acceptors (Lipinski definition) is 5. The van der Waals surface area contributed by atoms with Crippen molar-refractivity contribution in [1.29, 1.82) is 0 Å². The van der Waals surface area contributed by atoms with Gasteiger partial charge in [-0.2, -0.15) is 0 Å². The third-order valence-corrected chi connectivity index (χ3v) is 2.61. The summed E-state index contributed by atoms with van der Waals surface area (Å²) in [5.41, 5.74) is 0.643. The van der Waals surface area contributed by atoms with Crippen LogP contribution < -0.4 is 5.32 Å². The predicted molar refractivity (Wildman–Crippen MR) is 70.8 cm³/mol. The van der Waals surface area contributed by atoms with Crippen LogP contribution in [0.4, 0.5) is 11.4 Å². The van der Waals surface area contributed by atoms with E-state index in [1.807, 2.05) is 0 Å². The Labute approximate surface area is 113 Å². The molecule has 0 saturated heterocycles. The zero-order chi connectivity index (χ0) is 14.5. The number of non-ortho nitro benzene ring substituents is 1. The first-order valence-electron chi connectivity index (χ1n) is 5.79. The molecule has 8 nitrogen and oxygen atoms in total. The maximum absolute atomic E-state index is 10.7. The molecule has 0 aliphatic carbocycles. The monoisotopic (exact) mass is 276 g/mol. The lowest BCUT2D eigenvalue weighted by Gasteiger charge is -2.06. The molecule has 0 aliphatic rings. The first kappa shape index (κ1) is 13.5. The molecular formula is C12H12N4O4. The van der Waals surface area contributed by atoms with Crippen LogP contribution >= 0.6 is 0 Å². The van der Waals surface area contributed by atoms with Gasteiger partial charge in [0, 0.05) is 37.1 Å². The molecule has 0 unspecified atom stereocenters. The molecule has 0 radical (unpaired) electrons. The van der Waals surface area contributed by atoms with Gasteiger partial charge >= 0.3 is 5.97 Å². The van der Waals surface area contributed by atoms with Crippen molar-refractivity contribution in [1.82, 2.24) is 9.55 Å². The van der Waals surface area contributed by atoms with Crippen molar-refractivity contribution in [2.75, 3.05) is 11.9 Å². The van der Waals surface area contributed by atoms with E-state index in [-0.39, 0.29) is 11.4 Å². The minimum atomic E-state index is -1.07. The van der Waals surface area contributed by atoms with Crippen LogP contribution in [0.15, 0.2) is 36.8 Å². The summed E-state index contributed by atoms with van der Waals surface area (Å²) in [6.45, 7) is 1.000. The number of benzene rings is 1. The SMILES string of the molecule is O=C(O)c1cn(CCNc2cccc([N+](=O)[O-])c2)cn1. The standard InChI is InChI=1S/C12H12N4O4/c17-12(18)11-7-15(8-14-11)5-4-13-9-2-1-3-10(6-9)16(19)20/h1-3,6-8,13H,4-5H2,(H,17,18). The van der Waals surface area contributed by atoms with E-state index in [4.69, 9.17) is 5.11 Å². The molecule has 0 atom stereocenters. The van der Waals surface area contributed by atoms with Crippen molar-refractivity contribution in [3.63, 3.8) is 0 Å². The van der Waals surface area contributed by atoms with E-state index in [2.05, 4.69) is 10.3 Å². The van der Waals surface area contributed by atoms with E-state index >= 15 is 0 Å². The van der Waals surface area contributed by atoms with Gasteiger partial charge in [0.25, 0.3) is 5.69 Å². The summed E-state index contributed by atoms with van der Waals surface area (Å²) >= 11 is 0. The van der Waals surface area contributed by atoms with Gasteiger partial charge in [-0.05, 0) is 6.07 Å². The molecule has 104 valence electrons. The van der Waals surface area contributed by atoms with Gasteiger partial charge in [-0.25, -0.2) is 9.78 Å². The van der Waals surface area contributed by atoms with Gasteiger partial charge in [0.15, 0.2) is 5.69 Å². The number of aromatic nitrogens is 2. The summed E-state index contributed by atoms with van der Waals surface area (Å²) in [5.74, 6) is -1.07. The fourth-order valence-electron chi connectivity index (χ4n) is 1.65. The van der Waals surface area contributed by atoms with E-state index in [1.54, 1.807) is 16.7 Å². The highest BCUT2D eigenvalue weighted by molar-refractivity contribution is 5.84. The third-order valence-electron chi connectivity index (χ3n) is 2.61. The molecule has 1 aromatic carbocycles. The first-order valence-corrected chi connectivity index (χ1v) is 5.79. The van der Waals surface area contributed by atoms with Gasteiger partial charge in [-0.15, -0.1) is 0 Å². The molecule has 8 heteroatoms. The summed E-state index contributed by atoms with van der Waals surface area (Å²) in [7, 11) is 0. The van der Waals surface area contributed by atoms with Crippen molar-refractivity contribution in [3.05, 3.63) is 52.6 Å². The number of aromatic carboxylic acids is 1. The predicted octanol–water partition coefficient (Wildman–Crippen LogP) is 1.60. The first-order chi connectivity index (χ1) is 9.56. The molecule has 0 aliphatic heterocycles. The van der Waals surface area contributed by atoms with Gasteiger partial charge in [0.05, 0.1) is 11.3 Å². The molecule has 1 aromatic heterocycles. The largest absolute Gasteiger partial charge is 0.476 e. The lowest BCUT2D eigenvalue weighted by atomic mass is 10.3. The van der Waals surface area contributed by atoms with Gasteiger partial charge in [0.2, 0.25) is 0 Å². The Morgan fingerprint density at radius 3 is 2.95 bits per heavy atom. The number of hydrogen-bond donors (Lipinski definition) is 2. The molecule has 2 rings (SSSR count). The van der Waals surface area contributed by atoms with E-state index in [1.165, 1.54) is 24.7 Å². The fourth-order valence-corrected chi connectivity index (χ4v) is 1.65. The molecular weight excluding hydrogens is 264 g/mol. The van der Waals surface area contributed by atoms with Crippen LogP contribution in [0, 0.1) is 10.1 Å². The van der Waals surface area contributed by atoms with E-state index in [9.17, 15) is 14.9 Å². The highest BCUT2D eigenvalue weighted by atomic mass is 16.6. The Bertz CT molecular complexity index is 638. The van der Waals surface area contributed by atoms with Crippen molar-refractivity contribution in [2.45, 2.75) is 6.54 Å². The van der Waals surface area contributed by atoms with Gasteiger partial charge < -0.3 is 15.0 Å². The van der Waals surface area contributed by atoms with Crippen LogP contribution in [0.1, 0.15) is 10.5 Å². The van der Waals surface area contributed by atoms with Crippen LogP contribution in [0.25, 0.3) is 0 Å². The highest BCUT2D eigenvalue weighted by Crippen LogP contribution is 2.16. The molecule has 0 amide bonds. The molecule has 2 aromatic rings. The Morgan fingerprint density at radius 2 is 2.30 bits per heavy atom. The van der Waals surface area contributed by atoms with Crippen LogP contribution in [0.2, 0.25) is 0 Å². The van der Waals surface area contributed by atoms with Crippen LogP contribution in [0.3, 0.4) is 0 Å². The second-order valence-electron chi connectivity index (χ2n) is 4.04.